The van der Waals surface area contributed by atoms with Crippen LogP contribution >= 0.6 is 11.6 Å². The number of phenolic OH excluding ortho intramolecular Hbond substituents is 1. The van der Waals surface area contributed by atoms with Crippen LogP contribution in [0.15, 0.2) is 51.7 Å². The molecule has 0 aliphatic carbocycles. The Morgan fingerprint density at radius 2 is 1.89 bits per heavy atom. The summed E-state index contributed by atoms with van der Waals surface area (Å²) < 4.78 is 5.18. The van der Waals surface area contributed by atoms with E-state index < -0.39 is 23.5 Å². The number of carbonyl (C=O) groups is 2. The number of carbonyl (C=O) groups excluding carboxylic acids is 1. The van der Waals surface area contributed by atoms with Crippen molar-refractivity contribution in [2.24, 2.45) is 0 Å². The molecule has 0 fully saturated rings. The van der Waals surface area contributed by atoms with Crippen molar-refractivity contribution in [3.63, 3.8) is 0 Å². The lowest BCUT2D eigenvalue weighted by Gasteiger charge is -2.15. The van der Waals surface area contributed by atoms with Gasteiger partial charge < -0.3 is 19.9 Å². The van der Waals surface area contributed by atoms with Gasteiger partial charge in [-0.2, -0.15) is 0 Å². The number of nitrogens with one attached hydrogen (secondary N) is 1. The van der Waals surface area contributed by atoms with Crippen molar-refractivity contribution < 1.29 is 24.2 Å². The van der Waals surface area contributed by atoms with Crippen LogP contribution in [-0.2, 0) is 16.0 Å². The number of amides is 1. The van der Waals surface area contributed by atoms with Crippen molar-refractivity contribution in [2.75, 3.05) is 0 Å². The van der Waals surface area contributed by atoms with Crippen LogP contribution in [0.3, 0.4) is 0 Å². The van der Waals surface area contributed by atoms with Crippen LogP contribution in [0.1, 0.15) is 22.7 Å². The van der Waals surface area contributed by atoms with E-state index in [-0.39, 0.29) is 28.3 Å². The van der Waals surface area contributed by atoms with Crippen molar-refractivity contribution >= 4 is 34.4 Å². The lowest BCUT2D eigenvalue weighted by atomic mass is 10.0. The zero-order valence-electron chi connectivity index (χ0n) is 14.7. The molecule has 0 saturated carbocycles. The monoisotopic (exact) mass is 401 g/mol. The Hall–Kier alpha value is -3.32. The van der Waals surface area contributed by atoms with Gasteiger partial charge in [0.2, 0.25) is 5.91 Å². The zero-order valence-corrected chi connectivity index (χ0v) is 15.5. The summed E-state index contributed by atoms with van der Waals surface area (Å²) >= 11 is 5.91. The summed E-state index contributed by atoms with van der Waals surface area (Å²) in [6, 6.07) is 9.66. The van der Waals surface area contributed by atoms with Gasteiger partial charge in [-0.05, 0) is 24.1 Å². The molecule has 3 aromatic rings. The maximum atomic E-state index is 12.4. The van der Waals surface area contributed by atoms with E-state index in [0.29, 0.717) is 16.5 Å². The molecule has 1 aromatic heterocycles. The molecular formula is C20H16ClNO6. The minimum Gasteiger partial charge on any atom is -0.506 e. The first-order valence-electron chi connectivity index (χ1n) is 8.30. The van der Waals surface area contributed by atoms with Crippen molar-refractivity contribution in [3.8, 4) is 5.75 Å². The predicted octanol–water partition coefficient (Wildman–Crippen LogP) is 2.95. The third-order valence-electron chi connectivity index (χ3n) is 4.38. The van der Waals surface area contributed by atoms with Gasteiger partial charge in [-0.25, -0.2) is 9.59 Å². The Bertz CT molecular complexity index is 1120. The van der Waals surface area contributed by atoms with Gasteiger partial charge in [0.05, 0.1) is 17.0 Å². The molecule has 0 aliphatic rings. The molecule has 0 spiro atoms. The van der Waals surface area contributed by atoms with E-state index >= 15 is 0 Å². The SMILES string of the molecule is Cc1c(CC(=O)N[C@H](C(=O)O)c2ccccc2)c(=O)oc2cc(O)c(Cl)cc12. The highest BCUT2D eigenvalue weighted by molar-refractivity contribution is 6.32. The van der Waals surface area contributed by atoms with Crippen LogP contribution < -0.4 is 10.9 Å². The van der Waals surface area contributed by atoms with Crippen LogP contribution in [0.4, 0.5) is 0 Å². The lowest BCUT2D eigenvalue weighted by molar-refractivity contribution is -0.142. The Morgan fingerprint density at radius 1 is 1.21 bits per heavy atom. The summed E-state index contributed by atoms with van der Waals surface area (Å²) in [6.45, 7) is 1.63. The molecule has 0 aliphatic heterocycles. The highest BCUT2D eigenvalue weighted by Crippen LogP contribution is 2.30. The normalized spacial score (nSPS) is 11.9. The molecule has 2 aromatic carbocycles. The van der Waals surface area contributed by atoms with Crippen LogP contribution in [0, 0.1) is 6.92 Å². The highest BCUT2D eigenvalue weighted by Gasteiger charge is 2.23. The van der Waals surface area contributed by atoms with Crippen LogP contribution in [0.2, 0.25) is 5.02 Å². The molecular weight excluding hydrogens is 386 g/mol. The van der Waals surface area contributed by atoms with E-state index in [2.05, 4.69) is 5.32 Å². The fourth-order valence-electron chi connectivity index (χ4n) is 2.91. The van der Waals surface area contributed by atoms with E-state index in [1.54, 1.807) is 37.3 Å². The summed E-state index contributed by atoms with van der Waals surface area (Å²) in [5.74, 6) is -2.09. The van der Waals surface area contributed by atoms with E-state index in [1.165, 1.54) is 12.1 Å². The molecule has 144 valence electrons. The second kappa shape index (κ2) is 7.74. The second-order valence-corrected chi connectivity index (χ2v) is 6.63. The van der Waals surface area contributed by atoms with Gasteiger partial charge in [-0.15, -0.1) is 0 Å². The maximum absolute atomic E-state index is 12.4. The van der Waals surface area contributed by atoms with Crippen LogP contribution in [0.25, 0.3) is 11.0 Å². The minimum atomic E-state index is -1.24. The molecule has 1 heterocycles. The van der Waals surface area contributed by atoms with Crippen LogP contribution in [-0.4, -0.2) is 22.1 Å². The first kappa shape index (κ1) is 19.4. The molecule has 0 unspecified atom stereocenters. The number of aromatic hydroxyl groups is 1. The number of hydrogen-bond donors (Lipinski definition) is 3. The molecule has 3 rings (SSSR count). The fourth-order valence-corrected chi connectivity index (χ4v) is 3.07. The predicted molar refractivity (Wildman–Crippen MR) is 103 cm³/mol. The zero-order chi connectivity index (χ0) is 20.4. The van der Waals surface area contributed by atoms with Crippen LogP contribution in [0.5, 0.6) is 5.75 Å². The molecule has 1 amide bonds. The lowest BCUT2D eigenvalue weighted by Crippen LogP contribution is -2.35. The first-order valence-corrected chi connectivity index (χ1v) is 8.67. The molecule has 8 heteroatoms. The van der Waals surface area contributed by atoms with Gasteiger partial charge in [0.25, 0.3) is 0 Å². The Kier molecular flexibility index (Phi) is 5.37. The number of benzene rings is 2. The summed E-state index contributed by atoms with van der Waals surface area (Å²) in [6.07, 6.45) is -0.362. The molecule has 0 bridgehead atoms. The van der Waals surface area contributed by atoms with Crippen molar-refractivity contribution in [1.29, 1.82) is 0 Å². The first-order chi connectivity index (χ1) is 13.3. The Labute approximate surface area is 164 Å². The minimum absolute atomic E-state index is 0.0786. The van der Waals surface area contributed by atoms with Gasteiger partial charge in [-0.1, -0.05) is 41.9 Å². The topological polar surface area (TPSA) is 117 Å². The summed E-state index contributed by atoms with van der Waals surface area (Å²) in [7, 11) is 0. The number of fused-ring (bicyclic) bond motifs is 1. The molecule has 7 nitrogen and oxygen atoms in total. The largest absolute Gasteiger partial charge is 0.506 e. The van der Waals surface area contributed by atoms with E-state index in [9.17, 15) is 24.6 Å². The summed E-state index contributed by atoms with van der Waals surface area (Å²) in [5.41, 5.74) is 0.362. The number of phenols is 1. The number of hydrogen-bond acceptors (Lipinski definition) is 5. The number of halogens is 1. The second-order valence-electron chi connectivity index (χ2n) is 6.22. The number of carboxylic acid groups (broad SMARTS) is 1. The summed E-state index contributed by atoms with van der Waals surface area (Å²) in [4.78, 5) is 36.3. The highest BCUT2D eigenvalue weighted by atomic mass is 35.5. The third kappa shape index (κ3) is 3.84. The molecule has 0 radical (unpaired) electrons. The number of aliphatic carboxylic acids is 1. The number of aryl methyl sites for hydroxylation is 1. The van der Waals surface area contributed by atoms with Gasteiger partial charge in [0.15, 0.2) is 6.04 Å². The fraction of sp³-hybridized carbons (Fsp3) is 0.150. The molecule has 3 N–H and O–H groups in total. The Morgan fingerprint density at radius 3 is 2.54 bits per heavy atom. The molecule has 0 saturated heterocycles. The van der Waals surface area contributed by atoms with Crippen molar-refractivity contribution in [3.05, 3.63) is 74.6 Å². The summed E-state index contributed by atoms with van der Waals surface area (Å²) in [5, 5.41) is 22.0. The van der Waals surface area contributed by atoms with Gasteiger partial charge in [0.1, 0.15) is 11.3 Å². The van der Waals surface area contributed by atoms with Crippen molar-refractivity contribution in [1.82, 2.24) is 5.32 Å². The Balaban J connectivity index is 1.91. The number of rotatable bonds is 5. The van der Waals surface area contributed by atoms with Crippen molar-refractivity contribution in [2.45, 2.75) is 19.4 Å². The maximum Gasteiger partial charge on any atom is 0.340 e. The average Bonchev–Trinajstić information content (AvgIpc) is 2.65. The third-order valence-corrected chi connectivity index (χ3v) is 4.68. The van der Waals surface area contributed by atoms with E-state index in [1.807, 2.05) is 0 Å². The number of carboxylic acids is 1. The quantitative estimate of drug-likeness (QED) is 0.566. The van der Waals surface area contributed by atoms with Gasteiger partial charge >= 0.3 is 11.6 Å². The van der Waals surface area contributed by atoms with Gasteiger partial charge in [0, 0.05) is 11.5 Å². The molecule has 28 heavy (non-hydrogen) atoms. The van der Waals surface area contributed by atoms with E-state index in [4.69, 9.17) is 16.0 Å². The standard InChI is InChI=1S/C20H16ClNO6/c1-10-12-7-14(21)15(23)9-16(12)28-20(27)13(10)8-17(24)22-18(19(25)26)11-5-3-2-4-6-11/h2-7,9,18,23H,8H2,1H3,(H,22,24)(H,25,26)/t18-/m0/s1. The average molecular weight is 402 g/mol. The van der Waals surface area contributed by atoms with Gasteiger partial charge in [-0.3, -0.25) is 4.79 Å². The van der Waals surface area contributed by atoms with E-state index in [0.717, 1.165) is 0 Å². The smallest absolute Gasteiger partial charge is 0.340 e. The molecule has 1 atom stereocenters.